The summed E-state index contributed by atoms with van der Waals surface area (Å²) >= 11 is 0. The average molecular weight is 249 g/mol. The normalized spacial score (nSPS) is 23.7. The van der Waals surface area contributed by atoms with Gasteiger partial charge in [-0.05, 0) is 51.0 Å². The molecule has 0 amide bonds. The molecule has 0 aromatic carbocycles. The lowest BCUT2D eigenvalue weighted by atomic mass is 9.81. The van der Waals surface area contributed by atoms with Crippen molar-refractivity contribution in [1.82, 2.24) is 5.32 Å². The molecule has 104 valence electrons. The van der Waals surface area contributed by atoms with Crippen molar-refractivity contribution in [3.8, 4) is 0 Å². The van der Waals surface area contributed by atoms with E-state index >= 15 is 0 Å². The Bertz CT molecular complexity index is 250. The molecule has 1 nitrogen and oxygen atoms in total. The van der Waals surface area contributed by atoms with E-state index in [-0.39, 0.29) is 0 Å². The molecule has 0 aliphatic heterocycles. The topological polar surface area (TPSA) is 12.0 Å². The molecular formula is C17H31N. The van der Waals surface area contributed by atoms with Crippen LogP contribution >= 0.6 is 0 Å². The molecule has 1 N–H and O–H groups in total. The van der Waals surface area contributed by atoms with Crippen LogP contribution in [0.5, 0.6) is 0 Å². The molecule has 1 saturated carbocycles. The number of nitrogens with one attached hydrogen (secondary N) is 1. The molecule has 0 bridgehead atoms. The lowest BCUT2D eigenvalue weighted by Gasteiger charge is -2.30. The van der Waals surface area contributed by atoms with E-state index in [9.17, 15) is 0 Å². The quantitative estimate of drug-likeness (QED) is 0.665. The second-order valence-corrected chi connectivity index (χ2v) is 6.27. The van der Waals surface area contributed by atoms with Crippen LogP contribution in [-0.2, 0) is 0 Å². The molecule has 0 radical (unpaired) electrons. The Morgan fingerprint density at radius 3 is 2.67 bits per heavy atom. The lowest BCUT2D eigenvalue weighted by molar-refractivity contribution is 0.307. The molecule has 2 rings (SSSR count). The summed E-state index contributed by atoms with van der Waals surface area (Å²) in [5, 5.41) is 3.82. The average Bonchev–Trinajstić information content (AvgIpc) is 2.45. The highest BCUT2D eigenvalue weighted by atomic mass is 14.9. The SMILES string of the molecule is CCCNC(CC1CCCCC1)C1=CCCCC1. The summed E-state index contributed by atoms with van der Waals surface area (Å²) in [6.45, 7) is 3.47. The van der Waals surface area contributed by atoms with Gasteiger partial charge < -0.3 is 5.32 Å². The molecule has 0 aromatic heterocycles. The van der Waals surface area contributed by atoms with Crippen LogP contribution < -0.4 is 5.32 Å². The maximum atomic E-state index is 3.82. The Hall–Kier alpha value is -0.300. The summed E-state index contributed by atoms with van der Waals surface area (Å²) in [7, 11) is 0. The maximum absolute atomic E-state index is 3.82. The monoisotopic (exact) mass is 249 g/mol. The smallest absolute Gasteiger partial charge is 0.0282 e. The molecule has 1 unspecified atom stereocenters. The molecule has 1 heteroatoms. The van der Waals surface area contributed by atoms with Crippen LogP contribution in [0, 0.1) is 5.92 Å². The third-order valence-electron chi connectivity index (χ3n) is 4.71. The fourth-order valence-corrected chi connectivity index (χ4v) is 3.62. The first-order valence-electron chi connectivity index (χ1n) is 8.32. The van der Waals surface area contributed by atoms with E-state index in [4.69, 9.17) is 0 Å². The van der Waals surface area contributed by atoms with Gasteiger partial charge in [-0.3, -0.25) is 0 Å². The fourth-order valence-electron chi connectivity index (χ4n) is 3.62. The predicted molar refractivity (Wildman–Crippen MR) is 79.8 cm³/mol. The van der Waals surface area contributed by atoms with Crippen molar-refractivity contribution >= 4 is 0 Å². The Labute approximate surface area is 113 Å². The second-order valence-electron chi connectivity index (χ2n) is 6.27. The number of hydrogen-bond donors (Lipinski definition) is 1. The summed E-state index contributed by atoms with van der Waals surface area (Å²) < 4.78 is 0. The van der Waals surface area contributed by atoms with E-state index in [1.54, 1.807) is 5.57 Å². The van der Waals surface area contributed by atoms with Crippen LogP contribution in [0.25, 0.3) is 0 Å². The van der Waals surface area contributed by atoms with Gasteiger partial charge in [-0.25, -0.2) is 0 Å². The van der Waals surface area contributed by atoms with Crippen LogP contribution in [0.3, 0.4) is 0 Å². The second kappa shape index (κ2) is 7.99. The summed E-state index contributed by atoms with van der Waals surface area (Å²) in [6, 6.07) is 0.702. The van der Waals surface area contributed by atoms with Crippen LogP contribution in [0.1, 0.15) is 77.6 Å². The minimum Gasteiger partial charge on any atom is -0.310 e. The molecule has 1 atom stereocenters. The van der Waals surface area contributed by atoms with Crippen LogP contribution in [0.15, 0.2) is 11.6 Å². The van der Waals surface area contributed by atoms with Crippen LogP contribution in [-0.4, -0.2) is 12.6 Å². The van der Waals surface area contributed by atoms with Gasteiger partial charge in [0, 0.05) is 6.04 Å². The van der Waals surface area contributed by atoms with Crippen molar-refractivity contribution in [3.05, 3.63) is 11.6 Å². The molecule has 2 aliphatic rings. The van der Waals surface area contributed by atoms with Gasteiger partial charge in [0.1, 0.15) is 0 Å². The van der Waals surface area contributed by atoms with Gasteiger partial charge in [0.05, 0.1) is 0 Å². The third kappa shape index (κ3) is 4.42. The van der Waals surface area contributed by atoms with Gasteiger partial charge in [-0.1, -0.05) is 50.7 Å². The maximum Gasteiger partial charge on any atom is 0.0282 e. The molecule has 0 saturated heterocycles. The van der Waals surface area contributed by atoms with E-state index in [2.05, 4.69) is 18.3 Å². The van der Waals surface area contributed by atoms with Gasteiger partial charge >= 0.3 is 0 Å². The van der Waals surface area contributed by atoms with Crippen molar-refractivity contribution in [1.29, 1.82) is 0 Å². The van der Waals surface area contributed by atoms with Gasteiger partial charge in [-0.15, -0.1) is 0 Å². The molecule has 1 fully saturated rings. The standard InChI is InChI=1S/C17H31N/c1-2-13-18-17(16-11-7-4-8-12-16)14-15-9-5-3-6-10-15/h11,15,17-18H,2-10,12-14H2,1H3. The molecule has 0 aromatic rings. The van der Waals surface area contributed by atoms with E-state index in [0.717, 1.165) is 5.92 Å². The number of rotatable bonds is 6. The lowest BCUT2D eigenvalue weighted by Crippen LogP contribution is -2.34. The van der Waals surface area contributed by atoms with Crippen molar-refractivity contribution in [2.24, 2.45) is 5.92 Å². The van der Waals surface area contributed by atoms with Crippen molar-refractivity contribution < 1.29 is 0 Å². The first-order valence-corrected chi connectivity index (χ1v) is 8.32. The molecule has 2 aliphatic carbocycles. The molecule has 0 spiro atoms. The van der Waals surface area contributed by atoms with Gasteiger partial charge in [0.15, 0.2) is 0 Å². The summed E-state index contributed by atoms with van der Waals surface area (Å²) in [4.78, 5) is 0. The Balaban J connectivity index is 1.88. The highest BCUT2D eigenvalue weighted by molar-refractivity contribution is 5.13. The highest BCUT2D eigenvalue weighted by Crippen LogP contribution is 2.31. The molecular weight excluding hydrogens is 218 g/mol. The van der Waals surface area contributed by atoms with E-state index in [1.807, 2.05) is 0 Å². The zero-order valence-corrected chi connectivity index (χ0v) is 12.2. The van der Waals surface area contributed by atoms with Gasteiger partial charge in [-0.2, -0.15) is 0 Å². The molecule has 18 heavy (non-hydrogen) atoms. The molecule has 0 heterocycles. The largest absolute Gasteiger partial charge is 0.310 e. The Morgan fingerprint density at radius 2 is 2.00 bits per heavy atom. The fraction of sp³-hybridized carbons (Fsp3) is 0.882. The van der Waals surface area contributed by atoms with E-state index in [0.29, 0.717) is 6.04 Å². The van der Waals surface area contributed by atoms with Crippen molar-refractivity contribution in [2.45, 2.75) is 83.6 Å². The first-order chi connectivity index (χ1) is 8.90. The van der Waals surface area contributed by atoms with Crippen LogP contribution in [0.4, 0.5) is 0 Å². The predicted octanol–water partition coefficient (Wildman–Crippen LogP) is 4.83. The zero-order chi connectivity index (χ0) is 12.6. The zero-order valence-electron chi connectivity index (χ0n) is 12.2. The van der Waals surface area contributed by atoms with Crippen molar-refractivity contribution in [3.63, 3.8) is 0 Å². The van der Waals surface area contributed by atoms with Gasteiger partial charge in [0.25, 0.3) is 0 Å². The third-order valence-corrected chi connectivity index (χ3v) is 4.71. The number of allylic oxidation sites excluding steroid dienone is 1. The first kappa shape index (κ1) is 14.1. The van der Waals surface area contributed by atoms with Gasteiger partial charge in [0.2, 0.25) is 0 Å². The highest BCUT2D eigenvalue weighted by Gasteiger charge is 2.21. The summed E-state index contributed by atoms with van der Waals surface area (Å²) in [6.07, 6.45) is 18.1. The summed E-state index contributed by atoms with van der Waals surface area (Å²) in [5.74, 6) is 0.996. The Kier molecular flexibility index (Phi) is 6.26. The number of hydrogen-bond acceptors (Lipinski definition) is 1. The van der Waals surface area contributed by atoms with Crippen LogP contribution in [0.2, 0.25) is 0 Å². The summed E-state index contributed by atoms with van der Waals surface area (Å²) in [5.41, 5.74) is 1.74. The van der Waals surface area contributed by atoms with E-state index < -0.39 is 0 Å². The Morgan fingerprint density at radius 1 is 1.17 bits per heavy atom. The minimum absolute atomic E-state index is 0.702. The minimum atomic E-state index is 0.702. The van der Waals surface area contributed by atoms with Crippen molar-refractivity contribution in [2.75, 3.05) is 6.54 Å². The van der Waals surface area contributed by atoms with E-state index in [1.165, 1.54) is 77.2 Å².